The van der Waals surface area contributed by atoms with E-state index < -0.39 is 0 Å². The quantitative estimate of drug-likeness (QED) is 0.858. The van der Waals surface area contributed by atoms with Crippen molar-refractivity contribution < 1.29 is 4.79 Å². The molecule has 0 aromatic carbocycles. The Labute approximate surface area is 96.4 Å². The summed E-state index contributed by atoms with van der Waals surface area (Å²) in [5.74, 6) is -0.235. The zero-order chi connectivity index (χ0) is 11.0. The van der Waals surface area contributed by atoms with Gasteiger partial charge in [-0.15, -0.1) is 0 Å². The van der Waals surface area contributed by atoms with Gasteiger partial charge in [-0.05, 0) is 22.4 Å². The predicted molar refractivity (Wildman–Crippen MR) is 58.9 cm³/mol. The van der Waals surface area contributed by atoms with Gasteiger partial charge in [0.2, 0.25) is 5.91 Å². The van der Waals surface area contributed by atoms with E-state index >= 15 is 0 Å². The standard InChI is InChI=1S/C9H13BrN4O/c1-13-4-6(8(10)12-13)5-14-3-2-7(14)9(11)15/h4,7H,2-3,5H2,1H3,(H2,11,15). The molecule has 2 rings (SSSR count). The van der Waals surface area contributed by atoms with E-state index in [1.54, 1.807) is 4.68 Å². The summed E-state index contributed by atoms with van der Waals surface area (Å²) in [5.41, 5.74) is 6.36. The first-order chi connectivity index (χ1) is 7.08. The molecule has 1 amide bonds. The van der Waals surface area contributed by atoms with Gasteiger partial charge in [0.15, 0.2) is 0 Å². The van der Waals surface area contributed by atoms with Crippen molar-refractivity contribution in [2.45, 2.75) is 19.0 Å². The Hall–Kier alpha value is -0.880. The molecule has 1 fully saturated rings. The first kappa shape index (κ1) is 10.6. The topological polar surface area (TPSA) is 64.2 Å². The summed E-state index contributed by atoms with van der Waals surface area (Å²) in [4.78, 5) is 13.1. The molecule has 0 aliphatic carbocycles. The number of aryl methyl sites for hydroxylation is 1. The summed E-state index contributed by atoms with van der Waals surface area (Å²) in [7, 11) is 1.87. The molecule has 6 heteroatoms. The van der Waals surface area contributed by atoms with E-state index in [9.17, 15) is 4.79 Å². The number of nitrogens with two attached hydrogens (primary N) is 1. The smallest absolute Gasteiger partial charge is 0.234 e. The highest BCUT2D eigenvalue weighted by Gasteiger charge is 2.32. The fraction of sp³-hybridized carbons (Fsp3) is 0.556. The Morgan fingerprint density at radius 3 is 2.93 bits per heavy atom. The molecule has 2 N–H and O–H groups in total. The minimum Gasteiger partial charge on any atom is -0.368 e. The average Bonchev–Trinajstić information content (AvgIpc) is 2.38. The molecular weight excluding hydrogens is 260 g/mol. The summed E-state index contributed by atoms with van der Waals surface area (Å²) in [5, 5.41) is 4.18. The van der Waals surface area contributed by atoms with Crippen molar-refractivity contribution >= 4 is 21.8 Å². The molecule has 5 nitrogen and oxygen atoms in total. The van der Waals surface area contributed by atoms with Gasteiger partial charge in [-0.1, -0.05) is 0 Å². The lowest BCUT2D eigenvalue weighted by atomic mass is 10.0. The molecule has 0 spiro atoms. The van der Waals surface area contributed by atoms with Crippen molar-refractivity contribution in [3.05, 3.63) is 16.4 Å². The monoisotopic (exact) mass is 272 g/mol. The van der Waals surface area contributed by atoms with Crippen LogP contribution >= 0.6 is 15.9 Å². The third-order valence-corrected chi connectivity index (χ3v) is 3.35. The number of amides is 1. The number of carbonyl (C=O) groups is 1. The number of hydrogen-bond acceptors (Lipinski definition) is 3. The normalized spacial score (nSPS) is 21.3. The van der Waals surface area contributed by atoms with Gasteiger partial charge in [0.1, 0.15) is 4.60 Å². The van der Waals surface area contributed by atoms with Crippen LogP contribution in [0.15, 0.2) is 10.8 Å². The summed E-state index contributed by atoms with van der Waals surface area (Å²) in [6.45, 7) is 1.65. The molecule has 1 aromatic rings. The van der Waals surface area contributed by atoms with Crippen LogP contribution in [0.5, 0.6) is 0 Å². The molecule has 1 saturated heterocycles. The molecule has 1 aliphatic heterocycles. The third kappa shape index (κ3) is 2.05. The van der Waals surface area contributed by atoms with Crippen LogP contribution in [0.4, 0.5) is 0 Å². The number of halogens is 1. The maximum atomic E-state index is 11.0. The largest absolute Gasteiger partial charge is 0.368 e. The van der Waals surface area contributed by atoms with Crippen molar-refractivity contribution in [2.75, 3.05) is 6.54 Å². The number of primary amides is 1. The highest BCUT2D eigenvalue weighted by molar-refractivity contribution is 9.10. The number of rotatable bonds is 3. The van der Waals surface area contributed by atoms with E-state index in [4.69, 9.17) is 5.73 Å². The van der Waals surface area contributed by atoms with E-state index in [2.05, 4.69) is 25.9 Å². The number of nitrogens with zero attached hydrogens (tertiary/aromatic N) is 3. The van der Waals surface area contributed by atoms with Crippen molar-refractivity contribution in [3.8, 4) is 0 Å². The molecule has 82 valence electrons. The molecular formula is C9H13BrN4O. The number of carbonyl (C=O) groups excluding carboxylic acids is 1. The highest BCUT2D eigenvalue weighted by Crippen LogP contribution is 2.23. The summed E-state index contributed by atoms with van der Waals surface area (Å²) in [6, 6.07) is -0.0999. The van der Waals surface area contributed by atoms with Crippen LogP contribution in [-0.4, -0.2) is 33.2 Å². The molecule has 1 aliphatic rings. The molecule has 1 atom stereocenters. The fourth-order valence-corrected chi connectivity index (χ4v) is 2.27. The van der Waals surface area contributed by atoms with Gasteiger partial charge in [-0.25, -0.2) is 0 Å². The first-order valence-electron chi connectivity index (χ1n) is 4.79. The van der Waals surface area contributed by atoms with Crippen LogP contribution in [-0.2, 0) is 18.4 Å². The summed E-state index contributed by atoms with van der Waals surface area (Å²) >= 11 is 3.38. The van der Waals surface area contributed by atoms with Crippen molar-refractivity contribution in [3.63, 3.8) is 0 Å². The second-order valence-electron chi connectivity index (χ2n) is 3.80. The lowest BCUT2D eigenvalue weighted by Gasteiger charge is -2.38. The maximum Gasteiger partial charge on any atom is 0.234 e. The Morgan fingerprint density at radius 2 is 2.53 bits per heavy atom. The molecule has 1 unspecified atom stereocenters. The maximum absolute atomic E-state index is 11.0. The second-order valence-corrected chi connectivity index (χ2v) is 4.55. The van der Waals surface area contributed by atoms with E-state index in [1.165, 1.54) is 0 Å². The van der Waals surface area contributed by atoms with E-state index in [1.807, 2.05) is 13.2 Å². The SMILES string of the molecule is Cn1cc(CN2CCC2C(N)=O)c(Br)n1. The molecule has 15 heavy (non-hydrogen) atoms. The van der Waals surface area contributed by atoms with Crippen molar-refractivity contribution in [1.29, 1.82) is 0 Å². The first-order valence-corrected chi connectivity index (χ1v) is 5.58. The van der Waals surface area contributed by atoms with Crippen molar-refractivity contribution in [2.24, 2.45) is 12.8 Å². The molecule has 2 heterocycles. The molecule has 0 radical (unpaired) electrons. The van der Waals surface area contributed by atoms with Gasteiger partial charge < -0.3 is 5.73 Å². The predicted octanol–water partition coefficient (Wildman–Crippen LogP) is 0.242. The van der Waals surface area contributed by atoms with E-state index in [0.29, 0.717) is 0 Å². The van der Waals surface area contributed by atoms with Crippen LogP contribution in [0.3, 0.4) is 0 Å². The van der Waals surface area contributed by atoms with Crippen LogP contribution in [0, 0.1) is 0 Å². The molecule has 0 bridgehead atoms. The summed E-state index contributed by atoms with van der Waals surface area (Å²) in [6.07, 6.45) is 2.81. The fourth-order valence-electron chi connectivity index (χ4n) is 1.79. The average molecular weight is 273 g/mol. The van der Waals surface area contributed by atoms with E-state index in [-0.39, 0.29) is 11.9 Å². The van der Waals surface area contributed by atoms with Gasteiger partial charge in [0.25, 0.3) is 0 Å². The van der Waals surface area contributed by atoms with Gasteiger partial charge in [0.05, 0.1) is 6.04 Å². The minimum atomic E-state index is -0.235. The Balaban J connectivity index is 2.03. The Kier molecular flexibility index (Phi) is 2.79. The lowest BCUT2D eigenvalue weighted by Crippen LogP contribution is -2.54. The van der Waals surface area contributed by atoms with Crippen LogP contribution < -0.4 is 5.73 Å². The number of aromatic nitrogens is 2. The second kappa shape index (κ2) is 3.94. The van der Waals surface area contributed by atoms with Gasteiger partial charge in [-0.2, -0.15) is 5.10 Å². The van der Waals surface area contributed by atoms with Gasteiger partial charge in [-0.3, -0.25) is 14.4 Å². The lowest BCUT2D eigenvalue weighted by molar-refractivity contribution is -0.127. The highest BCUT2D eigenvalue weighted by atomic mass is 79.9. The number of hydrogen-bond donors (Lipinski definition) is 1. The number of likely N-dealkylation sites (tertiary alicyclic amines) is 1. The van der Waals surface area contributed by atoms with Crippen LogP contribution in [0.2, 0.25) is 0 Å². The van der Waals surface area contributed by atoms with Crippen LogP contribution in [0.1, 0.15) is 12.0 Å². The zero-order valence-electron chi connectivity index (χ0n) is 8.48. The minimum absolute atomic E-state index is 0.0999. The van der Waals surface area contributed by atoms with Crippen molar-refractivity contribution in [1.82, 2.24) is 14.7 Å². The summed E-state index contributed by atoms with van der Waals surface area (Å²) < 4.78 is 2.58. The van der Waals surface area contributed by atoms with Gasteiger partial charge in [0, 0.05) is 31.9 Å². The molecule has 1 aromatic heterocycles. The Bertz CT molecular complexity index is 389. The zero-order valence-corrected chi connectivity index (χ0v) is 10.1. The molecule has 0 saturated carbocycles. The Morgan fingerprint density at radius 1 is 1.80 bits per heavy atom. The third-order valence-electron chi connectivity index (χ3n) is 2.69. The van der Waals surface area contributed by atoms with Crippen LogP contribution in [0.25, 0.3) is 0 Å². The van der Waals surface area contributed by atoms with Gasteiger partial charge >= 0.3 is 0 Å². The van der Waals surface area contributed by atoms with E-state index in [0.717, 1.165) is 29.7 Å².